The molecule has 53 heavy (non-hydrogen) atoms. The number of aromatic nitrogens is 2. The fraction of sp³-hybridized carbons (Fsp3) is 0.463. The van der Waals surface area contributed by atoms with Crippen molar-refractivity contribution in [1.29, 1.82) is 0 Å². The van der Waals surface area contributed by atoms with Crippen LogP contribution in [0.4, 0.5) is 10.1 Å². The van der Waals surface area contributed by atoms with Gasteiger partial charge in [0.1, 0.15) is 11.6 Å². The minimum Gasteiger partial charge on any atom is -0.444 e. The first kappa shape index (κ1) is 34.7. The molecule has 1 aromatic heterocycles. The predicted octanol–water partition coefficient (Wildman–Crippen LogP) is 7.02. The zero-order chi connectivity index (χ0) is 36.4. The van der Waals surface area contributed by atoms with Crippen LogP contribution < -0.4 is 25.6 Å². The van der Waals surface area contributed by atoms with Gasteiger partial charge in [-0.3, -0.25) is 20.5 Å². The van der Waals surface area contributed by atoms with E-state index in [0.29, 0.717) is 52.5 Å². The Morgan fingerprint density at radius 3 is 2.75 bits per heavy atom. The number of anilines is 1. The third-order valence-electron chi connectivity index (χ3n) is 12.1. The summed E-state index contributed by atoms with van der Waals surface area (Å²) in [6.45, 7) is 9.95. The summed E-state index contributed by atoms with van der Waals surface area (Å²) in [6.07, 6.45) is 6.01. The number of benzene rings is 3. The highest BCUT2D eigenvalue weighted by Crippen LogP contribution is 2.49. The Hall–Kier alpha value is -4.00. The predicted molar refractivity (Wildman–Crippen MR) is 202 cm³/mol. The van der Waals surface area contributed by atoms with Gasteiger partial charge >= 0.3 is 0 Å². The van der Waals surface area contributed by atoms with Crippen LogP contribution in [0.2, 0.25) is 5.02 Å². The highest BCUT2D eigenvalue weighted by atomic mass is 35.5. The number of nitrogens with one attached hydrogen (secondary N) is 3. The van der Waals surface area contributed by atoms with Crippen molar-refractivity contribution in [1.82, 2.24) is 25.3 Å². The molecule has 7 atom stereocenters. The summed E-state index contributed by atoms with van der Waals surface area (Å²) >= 11 is 6.01. The number of amides is 1. The van der Waals surface area contributed by atoms with E-state index < -0.39 is 11.6 Å². The smallest absolute Gasteiger partial charge is 0.278 e. The first-order valence-corrected chi connectivity index (χ1v) is 19.3. The number of rotatable bonds is 8. The molecular formula is C41H46ClFN6O4. The molecule has 1 saturated carbocycles. The van der Waals surface area contributed by atoms with E-state index in [1.165, 1.54) is 6.07 Å². The molecule has 0 spiro atoms. The van der Waals surface area contributed by atoms with Crippen LogP contribution in [0.25, 0.3) is 16.6 Å². The number of carbonyl (C=O) groups excluding carboxylic acids is 1. The largest absolute Gasteiger partial charge is 0.444 e. The summed E-state index contributed by atoms with van der Waals surface area (Å²) < 4.78 is 35.7. The zero-order valence-corrected chi connectivity index (χ0v) is 31.1. The lowest BCUT2D eigenvalue weighted by molar-refractivity contribution is -0.122. The molecule has 12 heteroatoms. The summed E-state index contributed by atoms with van der Waals surface area (Å²) in [6, 6.07) is 17.3. The van der Waals surface area contributed by atoms with E-state index in [9.17, 15) is 9.18 Å². The highest BCUT2D eigenvalue weighted by Gasteiger charge is 2.44. The van der Waals surface area contributed by atoms with Crippen molar-refractivity contribution in [3.05, 3.63) is 88.5 Å². The molecule has 4 aliphatic heterocycles. The number of hydrogen-bond acceptors (Lipinski definition) is 8. The van der Waals surface area contributed by atoms with Gasteiger partial charge in [-0.15, -0.1) is 0 Å². The monoisotopic (exact) mass is 740 g/mol. The molecule has 9 rings (SSSR count). The van der Waals surface area contributed by atoms with Gasteiger partial charge in [-0.1, -0.05) is 36.7 Å². The molecule has 0 radical (unpaired) electrons. The maximum Gasteiger partial charge on any atom is 0.278 e. The van der Waals surface area contributed by atoms with Crippen LogP contribution in [0, 0.1) is 23.6 Å². The van der Waals surface area contributed by atoms with Gasteiger partial charge in [0.05, 0.1) is 35.8 Å². The maximum atomic E-state index is 14.9. The molecular weight excluding hydrogens is 695 g/mol. The van der Waals surface area contributed by atoms with E-state index in [1.54, 1.807) is 19.1 Å². The van der Waals surface area contributed by atoms with Crippen molar-refractivity contribution in [2.75, 3.05) is 25.0 Å². The van der Waals surface area contributed by atoms with Gasteiger partial charge in [0.25, 0.3) is 5.79 Å². The molecule has 5 heterocycles. The Bertz CT molecular complexity index is 2100. The fourth-order valence-electron chi connectivity index (χ4n) is 9.01. The lowest BCUT2D eigenvalue weighted by Gasteiger charge is -2.36. The Morgan fingerprint density at radius 2 is 1.98 bits per heavy atom. The SMILES string of the molecule is CC1CC(C(=O)Nc2ccc3c(c2)nc(CN2CC=C(c4cccc5c4O[C@](C)(c4ccc(Cl)cc4F)O5)CC2)n3CC2CCO2)CC2C(C)NNC12. The van der Waals surface area contributed by atoms with E-state index in [-0.39, 0.29) is 17.9 Å². The normalized spacial score (nSPS) is 29.5. The second kappa shape index (κ2) is 13.7. The van der Waals surface area contributed by atoms with Crippen LogP contribution in [0.1, 0.15) is 63.4 Å². The van der Waals surface area contributed by atoms with Gasteiger partial charge in [-0.25, -0.2) is 9.37 Å². The summed E-state index contributed by atoms with van der Waals surface area (Å²) in [4.78, 5) is 21.1. The first-order chi connectivity index (χ1) is 25.6. The molecule has 3 aromatic carbocycles. The van der Waals surface area contributed by atoms with E-state index in [0.717, 1.165) is 85.6 Å². The molecule has 4 aromatic rings. The summed E-state index contributed by atoms with van der Waals surface area (Å²) in [5.41, 5.74) is 11.9. The molecule has 0 bridgehead atoms. The van der Waals surface area contributed by atoms with Gasteiger partial charge in [0.2, 0.25) is 5.91 Å². The van der Waals surface area contributed by atoms with Crippen molar-refractivity contribution in [2.45, 2.75) is 83.5 Å². The van der Waals surface area contributed by atoms with E-state index in [4.69, 9.17) is 30.8 Å². The van der Waals surface area contributed by atoms with Crippen molar-refractivity contribution >= 4 is 39.8 Å². The lowest BCUT2D eigenvalue weighted by Crippen LogP contribution is -2.44. The molecule has 278 valence electrons. The van der Waals surface area contributed by atoms with Crippen molar-refractivity contribution in [2.24, 2.45) is 17.8 Å². The van der Waals surface area contributed by atoms with Crippen LogP contribution in [0.15, 0.2) is 60.7 Å². The molecule has 10 nitrogen and oxygen atoms in total. The third kappa shape index (κ3) is 6.50. The van der Waals surface area contributed by atoms with Gasteiger partial charge in [-0.2, -0.15) is 0 Å². The van der Waals surface area contributed by atoms with Crippen LogP contribution in [-0.4, -0.2) is 58.2 Å². The van der Waals surface area contributed by atoms with Crippen LogP contribution in [-0.2, 0) is 28.4 Å². The average Bonchev–Trinajstić information content (AvgIpc) is 3.78. The Morgan fingerprint density at radius 1 is 1.11 bits per heavy atom. The van der Waals surface area contributed by atoms with Crippen LogP contribution in [0.3, 0.4) is 0 Å². The third-order valence-corrected chi connectivity index (χ3v) is 12.3. The molecule has 3 fully saturated rings. The number of fused-ring (bicyclic) bond motifs is 3. The minimum absolute atomic E-state index is 0.0148. The standard InChI is InChI=1S/C41H46ClFN6O4/c1-23-17-26(18-31-24(2)46-47-38(23)31)40(50)44-28-8-10-35-34(20-28)45-37(49(35)21-29-13-16-51-29)22-48-14-11-25(12-15-48)30-5-4-6-36-39(30)53-41(3,52-36)32-9-7-27(42)19-33(32)43/h4-11,19-20,23-24,26,29,31,38,46-47H,12-18,21-22H2,1-3H3,(H,44,50)/t23?,24?,26?,29?,31?,38?,41-/m1/s1. The number of halogens is 2. The fourth-order valence-corrected chi connectivity index (χ4v) is 9.17. The van der Waals surface area contributed by atoms with Crippen LogP contribution >= 0.6 is 11.6 Å². The quantitative estimate of drug-likeness (QED) is 0.177. The van der Waals surface area contributed by atoms with E-state index in [1.807, 2.05) is 30.3 Å². The van der Waals surface area contributed by atoms with Gasteiger partial charge in [0, 0.05) is 60.9 Å². The minimum atomic E-state index is -1.30. The number of ether oxygens (including phenoxy) is 3. The molecule has 1 aliphatic carbocycles. The summed E-state index contributed by atoms with van der Waals surface area (Å²) in [5.74, 6) is 1.37. The molecule has 3 N–H and O–H groups in total. The van der Waals surface area contributed by atoms with E-state index >= 15 is 0 Å². The number of imidazole rings is 1. The zero-order valence-electron chi connectivity index (χ0n) is 30.3. The highest BCUT2D eigenvalue weighted by molar-refractivity contribution is 6.30. The van der Waals surface area contributed by atoms with Crippen molar-refractivity contribution in [3.8, 4) is 11.5 Å². The van der Waals surface area contributed by atoms with Crippen molar-refractivity contribution in [3.63, 3.8) is 0 Å². The summed E-state index contributed by atoms with van der Waals surface area (Å²) in [7, 11) is 0. The van der Waals surface area contributed by atoms with Crippen molar-refractivity contribution < 1.29 is 23.4 Å². The molecule has 1 amide bonds. The molecule has 2 saturated heterocycles. The number of carbonyl (C=O) groups is 1. The molecule has 5 aliphatic rings. The Kier molecular flexibility index (Phi) is 8.98. The van der Waals surface area contributed by atoms with Crippen LogP contribution in [0.5, 0.6) is 11.5 Å². The second-order valence-electron chi connectivity index (χ2n) is 15.6. The number of hydrazine groups is 1. The number of hydrogen-bond donors (Lipinski definition) is 3. The number of nitrogens with zero attached hydrogens (tertiary/aromatic N) is 3. The lowest BCUT2D eigenvalue weighted by atomic mass is 9.71. The maximum absolute atomic E-state index is 14.9. The topological polar surface area (TPSA) is 102 Å². The second-order valence-corrected chi connectivity index (χ2v) is 16.1. The Labute approximate surface area is 314 Å². The first-order valence-electron chi connectivity index (χ1n) is 18.9. The molecule has 6 unspecified atom stereocenters. The Balaban J connectivity index is 0.911. The average molecular weight is 741 g/mol. The van der Waals surface area contributed by atoms with Gasteiger partial charge in [-0.05, 0) is 92.5 Å². The summed E-state index contributed by atoms with van der Waals surface area (Å²) in [5, 5.41) is 3.55. The van der Waals surface area contributed by atoms with Gasteiger partial charge < -0.3 is 24.1 Å². The number of para-hydroxylation sites is 1. The van der Waals surface area contributed by atoms with Gasteiger partial charge in [0.15, 0.2) is 11.5 Å². The van der Waals surface area contributed by atoms with E-state index in [2.05, 4.69) is 51.6 Å².